The average molecular weight is 425 g/mol. The zero-order valence-corrected chi connectivity index (χ0v) is 17.6. The fraction of sp³-hybridized carbons (Fsp3) is 0.417. The first-order chi connectivity index (χ1) is 15.0. The molecule has 0 unspecified atom stereocenters. The molecular weight excluding hydrogens is 395 g/mol. The number of urea groups is 1. The van der Waals surface area contributed by atoms with Crippen LogP contribution in [-0.4, -0.2) is 49.1 Å². The molecule has 6 nitrogen and oxygen atoms in total. The van der Waals surface area contributed by atoms with Gasteiger partial charge >= 0.3 is 6.03 Å². The van der Waals surface area contributed by atoms with Crippen molar-refractivity contribution in [2.24, 2.45) is 0 Å². The molecule has 1 saturated carbocycles. The molecule has 3 amide bonds. The van der Waals surface area contributed by atoms with Crippen LogP contribution in [0.25, 0.3) is 0 Å². The molecule has 0 atom stereocenters. The van der Waals surface area contributed by atoms with E-state index in [1.807, 2.05) is 42.5 Å². The first-order valence-corrected chi connectivity index (χ1v) is 10.9. The van der Waals surface area contributed by atoms with E-state index < -0.39 is 0 Å². The van der Waals surface area contributed by atoms with E-state index in [1.54, 1.807) is 0 Å². The van der Waals surface area contributed by atoms with E-state index in [4.69, 9.17) is 0 Å². The molecule has 2 fully saturated rings. The maximum atomic E-state index is 13.2. The van der Waals surface area contributed by atoms with E-state index in [-0.39, 0.29) is 29.2 Å². The molecule has 3 N–H and O–H groups in total. The van der Waals surface area contributed by atoms with Crippen LogP contribution < -0.4 is 16.0 Å². The summed E-state index contributed by atoms with van der Waals surface area (Å²) >= 11 is 0. The Kier molecular flexibility index (Phi) is 6.51. The highest BCUT2D eigenvalue weighted by molar-refractivity contribution is 5.92. The van der Waals surface area contributed by atoms with Crippen LogP contribution in [0.1, 0.15) is 31.2 Å². The van der Waals surface area contributed by atoms with Crippen molar-refractivity contribution in [3.8, 4) is 0 Å². The highest BCUT2D eigenvalue weighted by Crippen LogP contribution is 2.47. The second kappa shape index (κ2) is 9.47. The molecule has 2 aromatic carbocycles. The first kappa shape index (κ1) is 21.3. The number of nitrogens with one attached hydrogen (secondary N) is 3. The summed E-state index contributed by atoms with van der Waals surface area (Å²) in [5.74, 6) is -0.264. The van der Waals surface area contributed by atoms with Crippen LogP contribution in [0.4, 0.5) is 14.9 Å². The number of rotatable bonds is 7. The molecule has 0 aromatic heterocycles. The predicted octanol–water partition coefficient (Wildman–Crippen LogP) is 3.26. The number of likely N-dealkylation sites (tertiary alicyclic amines) is 1. The van der Waals surface area contributed by atoms with Crippen molar-refractivity contribution >= 4 is 17.6 Å². The third kappa shape index (κ3) is 5.82. The number of carbonyl (C=O) groups excluding carboxylic acids is 2. The summed E-state index contributed by atoms with van der Waals surface area (Å²) < 4.78 is 13.2. The lowest BCUT2D eigenvalue weighted by atomic mass is 9.96. The van der Waals surface area contributed by atoms with Gasteiger partial charge in [0, 0.05) is 36.8 Å². The fourth-order valence-electron chi connectivity index (χ4n) is 4.17. The average Bonchev–Trinajstić information content (AvgIpc) is 3.56. The molecule has 0 radical (unpaired) electrons. The predicted molar refractivity (Wildman–Crippen MR) is 118 cm³/mol. The Bertz CT molecular complexity index is 892. The highest BCUT2D eigenvalue weighted by Gasteiger charge is 2.44. The van der Waals surface area contributed by atoms with Crippen LogP contribution in [0, 0.1) is 5.82 Å². The molecule has 164 valence electrons. The van der Waals surface area contributed by atoms with Gasteiger partial charge in [0.15, 0.2) is 0 Å². The van der Waals surface area contributed by atoms with Crippen LogP contribution in [-0.2, 0) is 10.2 Å². The zero-order chi connectivity index (χ0) is 21.7. The maximum absolute atomic E-state index is 13.2. The molecular formula is C24H29FN4O2. The van der Waals surface area contributed by atoms with Crippen molar-refractivity contribution in [3.63, 3.8) is 0 Å². The Balaban J connectivity index is 1.16. The van der Waals surface area contributed by atoms with Gasteiger partial charge in [-0.05, 0) is 55.5 Å². The molecule has 1 heterocycles. The first-order valence-electron chi connectivity index (χ1n) is 10.9. The number of benzene rings is 2. The molecule has 31 heavy (non-hydrogen) atoms. The summed E-state index contributed by atoms with van der Waals surface area (Å²) in [5.41, 5.74) is 1.83. The lowest BCUT2D eigenvalue weighted by Crippen LogP contribution is -2.50. The number of carbonyl (C=O) groups is 2. The summed E-state index contributed by atoms with van der Waals surface area (Å²) in [6.07, 6.45) is 3.63. The molecule has 0 spiro atoms. The summed E-state index contributed by atoms with van der Waals surface area (Å²) in [6, 6.07) is 16.0. The second-order valence-corrected chi connectivity index (χ2v) is 8.58. The molecule has 1 aliphatic carbocycles. The third-order valence-corrected chi connectivity index (χ3v) is 6.25. The summed E-state index contributed by atoms with van der Waals surface area (Å²) in [6.45, 7) is 2.45. The van der Waals surface area contributed by atoms with E-state index in [1.165, 1.54) is 12.1 Å². The fourth-order valence-corrected chi connectivity index (χ4v) is 4.17. The number of hydrogen-bond donors (Lipinski definition) is 3. The number of anilines is 1. The van der Waals surface area contributed by atoms with E-state index in [0.29, 0.717) is 13.1 Å². The van der Waals surface area contributed by atoms with Gasteiger partial charge in [-0.25, -0.2) is 9.18 Å². The van der Waals surface area contributed by atoms with Gasteiger partial charge < -0.3 is 16.0 Å². The number of nitrogens with zero attached hydrogens (tertiary/aromatic N) is 1. The van der Waals surface area contributed by atoms with Gasteiger partial charge in [0.2, 0.25) is 5.91 Å². The second-order valence-electron chi connectivity index (χ2n) is 8.58. The normalized spacial score (nSPS) is 18.2. The van der Waals surface area contributed by atoms with E-state index in [2.05, 4.69) is 20.9 Å². The largest absolute Gasteiger partial charge is 0.337 e. The lowest BCUT2D eigenvalue weighted by Gasteiger charge is -2.32. The third-order valence-electron chi connectivity index (χ3n) is 6.25. The Morgan fingerprint density at radius 1 is 1.00 bits per heavy atom. The molecule has 7 heteroatoms. The van der Waals surface area contributed by atoms with Gasteiger partial charge in [-0.1, -0.05) is 30.3 Å². The van der Waals surface area contributed by atoms with Gasteiger partial charge in [0.25, 0.3) is 0 Å². The molecule has 2 aromatic rings. The summed E-state index contributed by atoms with van der Waals surface area (Å²) in [7, 11) is 0. The number of hydrogen-bond acceptors (Lipinski definition) is 3. The van der Waals surface area contributed by atoms with E-state index >= 15 is 0 Å². The van der Waals surface area contributed by atoms with Crippen molar-refractivity contribution in [3.05, 3.63) is 66.0 Å². The molecule has 1 saturated heterocycles. The molecule has 2 aliphatic rings. The molecule has 1 aliphatic heterocycles. The standard InChI is InChI=1S/C24H29FN4O2/c25-19-8-6-18(7-9-19)24(12-13-24)17-26-23(31)28-21-10-14-29(15-11-21)16-22(30)27-20-4-2-1-3-5-20/h1-9,21H,10-17H2,(H,27,30)(H2,26,28,31). The minimum Gasteiger partial charge on any atom is -0.337 e. The van der Waals surface area contributed by atoms with Gasteiger partial charge in [0.1, 0.15) is 5.82 Å². The number of halogens is 1. The van der Waals surface area contributed by atoms with Crippen LogP contribution in [0.5, 0.6) is 0 Å². The minimum absolute atomic E-state index is 0.0223. The van der Waals surface area contributed by atoms with Crippen molar-refractivity contribution in [1.29, 1.82) is 0 Å². The number of piperidine rings is 1. The maximum Gasteiger partial charge on any atom is 0.315 e. The van der Waals surface area contributed by atoms with Crippen molar-refractivity contribution in [2.75, 3.05) is 31.5 Å². The monoisotopic (exact) mass is 424 g/mol. The van der Waals surface area contributed by atoms with Crippen molar-refractivity contribution < 1.29 is 14.0 Å². The highest BCUT2D eigenvalue weighted by atomic mass is 19.1. The van der Waals surface area contributed by atoms with Crippen LogP contribution in [0.2, 0.25) is 0 Å². The van der Waals surface area contributed by atoms with Crippen LogP contribution >= 0.6 is 0 Å². The number of para-hydroxylation sites is 1. The zero-order valence-electron chi connectivity index (χ0n) is 17.6. The number of amides is 3. The Labute approximate surface area is 182 Å². The quantitative estimate of drug-likeness (QED) is 0.639. The Morgan fingerprint density at radius 2 is 1.68 bits per heavy atom. The van der Waals surface area contributed by atoms with Gasteiger partial charge in [-0.15, -0.1) is 0 Å². The summed E-state index contributed by atoms with van der Waals surface area (Å²) in [4.78, 5) is 26.7. The van der Waals surface area contributed by atoms with Gasteiger partial charge in [-0.2, -0.15) is 0 Å². The SMILES string of the molecule is O=C(CN1CCC(NC(=O)NCC2(c3ccc(F)cc3)CC2)CC1)Nc1ccccc1. The summed E-state index contributed by atoms with van der Waals surface area (Å²) in [5, 5.41) is 8.96. The van der Waals surface area contributed by atoms with Gasteiger partial charge in [0.05, 0.1) is 6.54 Å². The van der Waals surface area contributed by atoms with E-state index in [9.17, 15) is 14.0 Å². The Hall–Kier alpha value is -2.93. The van der Waals surface area contributed by atoms with Gasteiger partial charge in [-0.3, -0.25) is 9.69 Å². The van der Waals surface area contributed by atoms with Crippen LogP contribution in [0.3, 0.4) is 0 Å². The topological polar surface area (TPSA) is 73.5 Å². The smallest absolute Gasteiger partial charge is 0.315 e. The van der Waals surface area contributed by atoms with Crippen LogP contribution in [0.15, 0.2) is 54.6 Å². The Morgan fingerprint density at radius 3 is 2.32 bits per heavy atom. The van der Waals surface area contributed by atoms with Crippen molar-refractivity contribution in [2.45, 2.75) is 37.1 Å². The minimum atomic E-state index is -0.242. The molecule has 0 bridgehead atoms. The molecule has 4 rings (SSSR count). The van der Waals surface area contributed by atoms with Crippen molar-refractivity contribution in [1.82, 2.24) is 15.5 Å². The lowest BCUT2D eigenvalue weighted by molar-refractivity contribution is -0.117. The van der Waals surface area contributed by atoms with E-state index in [0.717, 1.165) is 50.0 Å².